The molecule has 0 aliphatic heterocycles. The summed E-state index contributed by atoms with van der Waals surface area (Å²) < 4.78 is 13.3. The summed E-state index contributed by atoms with van der Waals surface area (Å²) in [5.41, 5.74) is 1.31. The number of hydrogen-bond donors (Lipinski definition) is 1. The Hall–Kier alpha value is -1.83. The predicted molar refractivity (Wildman–Crippen MR) is 53.5 cm³/mol. The van der Waals surface area contributed by atoms with Crippen molar-refractivity contribution >= 4 is 0 Å². The van der Waals surface area contributed by atoms with Crippen LogP contribution < -0.4 is 0 Å². The van der Waals surface area contributed by atoms with Crippen molar-refractivity contribution in [2.75, 3.05) is 0 Å². The van der Waals surface area contributed by atoms with Crippen LogP contribution in [-0.2, 0) is 0 Å². The van der Waals surface area contributed by atoms with Gasteiger partial charge in [0.2, 0.25) is 0 Å². The third kappa shape index (κ3) is 1.59. The monoisotopic (exact) mass is 188 g/mol. The fraction of sp³-hybridized carbons (Fsp3) is 0. The summed E-state index contributed by atoms with van der Waals surface area (Å²) in [4.78, 5) is 0. The van der Waals surface area contributed by atoms with Gasteiger partial charge in [0.25, 0.3) is 0 Å². The van der Waals surface area contributed by atoms with Crippen molar-refractivity contribution in [2.24, 2.45) is 0 Å². The van der Waals surface area contributed by atoms with E-state index in [1.807, 2.05) is 0 Å². The molecular formula is C12H9FO. The second-order valence-electron chi connectivity index (χ2n) is 3.03. The minimum absolute atomic E-state index is 0.185. The van der Waals surface area contributed by atoms with Crippen molar-refractivity contribution in [1.82, 2.24) is 0 Å². The minimum Gasteiger partial charge on any atom is -0.508 e. The third-order valence-corrected chi connectivity index (χ3v) is 2.05. The van der Waals surface area contributed by atoms with Crippen LogP contribution in [0, 0.1) is 5.82 Å². The molecule has 2 heteroatoms. The van der Waals surface area contributed by atoms with Crippen LogP contribution in [0.15, 0.2) is 48.5 Å². The predicted octanol–water partition coefficient (Wildman–Crippen LogP) is 3.20. The molecule has 0 aromatic heterocycles. The van der Waals surface area contributed by atoms with Crippen LogP contribution in [0.4, 0.5) is 4.39 Å². The van der Waals surface area contributed by atoms with E-state index in [0.717, 1.165) is 5.56 Å². The lowest BCUT2D eigenvalue weighted by Gasteiger charge is -2.02. The van der Waals surface area contributed by atoms with E-state index in [0.29, 0.717) is 5.56 Å². The van der Waals surface area contributed by atoms with E-state index in [2.05, 4.69) is 0 Å². The highest BCUT2D eigenvalue weighted by atomic mass is 19.1. The smallest absolute Gasteiger partial charge is 0.131 e. The fourth-order valence-electron chi connectivity index (χ4n) is 1.34. The third-order valence-electron chi connectivity index (χ3n) is 2.05. The summed E-state index contributed by atoms with van der Waals surface area (Å²) in [5, 5.41) is 9.08. The zero-order chi connectivity index (χ0) is 9.97. The van der Waals surface area contributed by atoms with Gasteiger partial charge in [-0.15, -0.1) is 0 Å². The van der Waals surface area contributed by atoms with Gasteiger partial charge in [-0.1, -0.05) is 30.3 Å². The van der Waals surface area contributed by atoms with Crippen LogP contribution >= 0.6 is 0 Å². The van der Waals surface area contributed by atoms with Crippen molar-refractivity contribution in [3.8, 4) is 16.9 Å². The molecule has 0 bridgehead atoms. The highest BCUT2D eigenvalue weighted by molar-refractivity contribution is 5.64. The maximum atomic E-state index is 13.3. The Morgan fingerprint density at radius 3 is 2.14 bits per heavy atom. The first-order valence-corrected chi connectivity index (χ1v) is 4.31. The summed E-state index contributed by atoms with van der Waals surface area (Å²) in [7, 11) is 0. The fourth-order valence-corrected chi connectivity index (χ4v) is 1.34. The lowest BCUT2D eigenvalue weighted by molar-refractivity contribution is 0.475. The molecule has 1 nitrogen and oxygen atoms in total. The first-order valence-electron chi connectivity index (χ1n) is 4.31. The molecule has 70 valence electrons. The molecule has 0 spiro atoms. The molecule has 2 aromatic carbocycles. The molecule has 0 saturated heterocycles. The Labute approximate surface area is 81.4 Å². The number of rotatable bonds is 1. The minimum atomic E-state index is -0.252. The lowest BCUT2D eigenvalue weighted by Crippen LogP contribution is -1.82. The van der Waals surface area contributed by atoms with Crippen LogP contribution in [0.25, 0.3) is 11.1 Å². The molecule has 0 saturated carbocycles. The summed E-state index contributed by atoms with van der Waals surface area (Å²) in [6.07, 6.45) is 0. The van der Waals surface area contributed by atoms with E-state index in [-0.39, 0.29) is 11.6 Å². The molecule has 1 N–H and O–H groups in total. The Bertz CT molecular complexity index is 434. The Kier molecular flexibility index (Phi) is 2.19. The van der Waals surface area contributed by atoms with Gasteiger partial charge in [-0.05, 0) is 23.8 Å². The molecule has 0 aliphatic carbocycles. The SMILES string of the molecule is Oc1ccc(-c2ccccc2F)cc1. The van der Waals surface area contributed by atoms with E-state index in [1.165, 1.54) is 6.07 Å². The van der Waals surface area contributed by atoms with Gasteiger partial charge in [-0.25, -0.2) is 4.39 Å². The maximum absolute atomic E-state index is 13.3. The number of phenolic OH excluding ortho intramolecular Hbond substituents is 1. The zero-order valence-electron chi connectivity index (χ0n) is 7.44. The van der Waals surface area contributed by atoms with E-state index in [9.17, 15) is 4.39 Å². The zero-order valence-corrected chi connectivity index (χ0v) is 7.44. The number of phenols is 1. The van der Waals surface area contributed by atoms with Crippen molar-refractivity contribution < 1.29 is 9.50 Å². The second-order valence-corrected chi connectivity index (χ2v) is 3.03. The van der Waals surface area contributed by atoms with Crippen molar-refractivity contribution in [2.45, 2.75) is 0 Å². The van der Waals surface area contributed by atoms with Crippen molar-refractivity contribution in [3.05, 3.63) is 54.3 Å². The summed E-state index contributed by atoms with van der Waals surface area (Å²) in [6, 6.07) is 13.0. The summed E-state index contributed by atoms with van der Waals surface area (Å²) in [5.74, 6) is -0.0664. The van der Waals surface area contributed by atoms with E-state index in [4.69, 9.17) is 5.11 Å². The highest BCUT2D eigenvalue weighted by Gasteiger charge is 2.02. The van der Waals surface area contributed by atoms with E-state index < -0.39 is 0 Å². The van der Waals surface area contributed by atoms with Gasteiger partial charge in [0, 0.05) is 5.56 Å². The summed E-state index contributed by atoms with van der Waals surface area (Å²) in [6.45, 7) is 0. The Morgan fingerprint density at radius 2 is 1.50 bits per heavy atom. The Morgan fingerprint density at radius 1 is 0.857 bits per heavy atom. The first kappa shape index (κ1) is 8.75. The van der Waals surface area contributed by atoms with Gasteiger partial charge in [0.1, 0.15) is 11.6 Å². The van der Waals surface area contributed by atoms with Crippen LogP contribution in [0.3, 0.4) is 0 Å². The van der Waals surface area contributed by atoms with Gasteiger partial charge in [0.05, 0.1) is 0 Å². The number of hydrogen-bond acceptors (Lipinski definition) is 1. The molecule has 0 amide bonds. The average Bonchev–Trinajstić information content (AvgIpc) is 2.20. The normalized spacial score (nSPS) is 10.1. The van der Waals surface area contributed by atoms with Gasteiger partial charge in [-0.2, -0.15) is 0 Å². The molecular weight excluding hydrogens is 179 g/mol. The van der Waals surface area contributed by atoms with Gasteiger partial charge in [0.15, 0.2) is 0 Å². The van der Waals surface area contributed by atoms with Crippen LogP contribution in [0.2, 0.25) is 0 Å². The molecule has 0 aliphatic rings. The van der Waals surface area contributed by atoms with Crippen molar-refractivity contribution in [1.29, 1.82) is 0 Å². The molecule has 0 unspecified atom stereocenters. The van der Waals surface area contributed by atoms with Gasteiger partial charge >= 0.3 is 0 Å². The molecule has 0 fully saturated rings. The second kappa shape index (κ2) is 3.50. The Balaban J connectivity index is 2.50. The lowest BCUT2D eigenvalue weighted by atomic mass is 10.1. The standard InChI is InChI=1S/C12H9FO/c13-12-4-2-1-3-11(12)9-5-7-10(14)8-6-9/h1-8,14H. The van der Waals surface area contributed by atoms with Crippen LogP contribution in [0.1, 0.15) is 0 Å². The van der Waals surface area contributed by atoms with Gasteiger partial charge < -0.3 is 5.11 Å². The number of benzene rings is 2. The van der Waals surface area contributed by atoms with Gasteiger partial charge in [-0.3, -0.25) is 0 Å². The first-order chi connectivity index (χ1) is 6.77. The maximum Gasteiger partial charge on any atom is 0.131 e. The van der Waals surface area contributed by atoms with Crippen LogP contribution in [-0.4, -0.2) is 5.11 Å². The highest BCUT2D eigenvalue weighted by Crippen LogP contribution is 2.23. The average molecular weight is 188 g/mol. The molecule has 0 heterocycles. The largest absolute Gasteiger partial charge is 0.508 e. The van der Waals surface area contributed by atoms with E-state index >= 15 is 0 Å². The molecule has 0 atom stereocenters. The number of aromatic hydroxyl groups is 1. The number of halogens is 1. The van der Waals surface area contributed by atoms with E-state index in [1.54, 1.807) is 42.5 Å². The van der Waals surface area contributed by atoms with Crippen LogP contribution in [0.5, 0.6) is 5.75 Å². The molecule has 2 rings (SSSR count). The quantitative estimate of drug-likeness (QED) is 0.728. The topological polar surface area (TPSA) is 20.2 Å². The molecule has 0 radical (unpaired) electrons. The van der Waals surface area contributed by atoms with Crippen molar-refractivity contribution in [3.63, 3.8) is 0 Å². The summed E-state index contributed by atoms with van der Waals surface area (Å²) >= 11 is 0. The molecule has 14 heavy (non-hydrogen) atoms. The molecule has 2 aromatic rings.